The van der Waals surface area contributed by atoms with Crippen molar-refractivity contribution in [1.29, 1.82) is 0 Å². The van der Waals surface area contributed by atoms with E-state index in [2.05, 4.69) is 14.5 Å². The Kier molecular flexibility index (Phi) is 7.51. The highest BCUT2D eigenvalue weighted by Gasteiger charge is 2.47. The van der Waals surface area contributed by atoms with Gasteiger partial charge in [-0.05, 0) is 23.3 Å². The molecule has 0 aliphatic carbocycles. The fourth-order valence-electron chi connectivity index (χ4n) is 4.42. The average molecular weight is 560 g/mol. The summed E-state index contributed by atoms with van der Waals surface area (Å²) >= 11 is 0. The summed E-state index contributed by atoms with van der Waals surface area (Å²) in [6, 6.07) is 17.0. The fraction of sp³-hybridized carbons (Fsp3) is 0.292. The maximum atomic E-state index is 12.9. The summed E-state index contributed by atoms with van der Waals surface area (Å²) in [6.45, 7) is -0.0906. The van der Waals surface area contributed by atoms with Gasteiger partial charge in [0.1, 0.15) is 30.7 Å². The molecule has 0 radical (unpaired) electrons. The van der Waals surface area contributed by atoms with E-state index in [0.29, 0.717) is 12.4 Å². The van der Waals surface area contributed by atoms with Gasteiger partial charge in [0.15, 0.2) is 6.33 Å². The Balaban J connectivity index is 1.43. The SMILES string of the molecule is Nc1nc2c(c(=O)[nH]1)n(Cc1cccc(OCc3ccccc3)c1)c[n+]2[C@H]1O[C@@H](COP(=O)(O)O)[C@H](O)[C@@H]1O. The summed E-state index contributed by atoms with van der Waals surface area (Å²) in [5, 5.41) is 21.1. The van der Waals surface area contributed by atoms with E-state index in [1.807, 2.05) is 54.6 Å². The van der Waals surface area contributed by atoms with Gasteiger partial charge in [-0.15, -0.1) is 0 Å². The second kappa shape index (κ2) is 10.9. The van der Waals surface area contributed by atoms with Crippen LogP contribution in [0, 0.1) is 0 Å². The van der Waals surface area contributed by atoms with Crippen molar-refractivity contribution in [3.05, 3.63) is 82.4 Å². The molecule has 3 heterocycles. The van der Waals surface area contributed by atoms with Crippen molar-refractivity contribution < 1.29 is 43.1 Å². The standard InChI is InChI=1S/C24H26N5O9P/c25-24-26-21-18(22(32)27-24)28(10-15-7-4-8-16(9-15)36-11-14-5-2-1-3-6-14)13-29(21)23-20(31)19(30)17(38-23)12-37-39(33,34)35/h1-9,13,17,19-20,23,30-31H,10-12H2,(H4-,25,26,27,32,33,34,35)/p+1/t17-,19-,20-,23-/m0/s1. The number of aromatic nitrogens is 4. The van der Waals surface area contributed by atoms with Crippen molar-refractivity contribution in [3.63, 3.8) is 0 Å². The zero-order valence-electron chi connectivity index (χ0n) is 20.4. The van der Waals surface area contributed by atoms with Gasteiger partial charge in [-0.3, -0.25) is 18.9 Å². The van der Waals surface area contributed by atoms with Crippen LogP contribution < -0.4 is 20.6 Å². The zero-order valence-corrected chi connectivity index (χ0v) is 21.3. The van der Waals surface area contributed by atoms with Crippen molar-refractivity contribution in [2.24, 2.45) is 0 Å². The molecule has 5 rings (SSSR count). The molecule has 0 amide bonds. The summed E-state index contributed by atoms with van der Waals surface area (Å²) in [7, 11) is -4.84. The Labute approximate surface area is 221 Å². The van der Waals surface area contributed by atoms with E-state index in [1.165, 1.54) is 10.9 Å². The lowest BCUT2D eigenvalue weighted by Gasteiger charge is -2.14. The molecule has 4 atom stereocenters. The Hall–Kier alpha value is -3.62. The van der Waals surface area contributed by atoms with E-state index in [1.54, 1.807) is 4.57 Å². The van der Waals surface area contributed by atoms with Gasteiger partial charge in [-0.2, -0.15) is 0 Å². The number of aromatic amines is 1. The highest BCUT2D eigenvalue weighted by Crippen LogP contribution is 2.37. The number of anilines is 1. The molecule has 14 nitrogen and oxygen atoms in total. The molecular formula is C24H27N5O9P+. The molecule has 4 aromatic rings. The topological polar surface area (TPSA) is 206 Å². The average Bonchev–Trinajstić information content (AvgIpc) is 3.38. The Morgan fingerprint density at radius 3 is 2.59 bits per heavy atom. The number of fused-ring (bicyclic) bond motifs is 1. The van der Waals surface area contributed by atoms with Gasteiger partial charge in [0.25, 0.3) is 11.5 Å². The Morgan fingerprint density at radius 2 is 1.85 bits per heavy atom. The number of aliphatic hydroxyl groups is 2. The highest BCUT2D eigenvalue weighted by atomic mass is 31.2. The quantitative estimate of drug-likeness (QED) is 0.118. The number of hydrogen-bond acceptors (Lipinski definition) is 9. The maximum absolute atomic E-state index is 12.9. The minimum atomic E-state index is -4.84. The van der Waals surface area contributed by atoms with Gasteiger partial charge in [-0.25, -0.2) is 9.13 Å². The molecule has 39 heavy (non-hydrogen) atoms. The molecule has 0 unspecified atom stereocenters. The van der Waals surface area contributed by atoms with Crippen molar-refractivity contribution in [2.45, 2.75) is 37.7 Å². The summed E-state index contributed by atoms with van der Waals surface area (Å²) in [4.78, 5) is 37.5. The number of rotatable bonds is 9. The molecule has 0 bridgehead atoms. The van der Waals surface area contributed by atoms with Crippen LogP contribution in [0.5, 0.6) is 5.75 Å². The number of phosphoric acid groups is 1. The summed E-state index contributed by atoms with van der Waals surface area (Å²) in [5.41, 5.74) is 7.23. The van der Waals surface area contributed by atoms with Crippen LogP contribution in [0.3, 0.4) is 0 Å². The van der Waals surface area contributed by atoms with Crippen LogP contribution in [0.1, 0.15) is 17.4 Å². The lowest BCUT2D eigenvalue weighted by atomic mass is 10.1. The lowest BCUT2D eigenvalue weighted by molar-refractivity contribution is -0.745. The van der Waals surface area contributed by atoms with Gasteiger partial charge in [0, 0.05) is 0 Å². The van der Waals surface area contributed by atoms with Crippen LogP contribution in [-0.4, -0.2) is 59.5 Å². The molecule has 1 aliphatic heterocycles. The van der Waals surface area contributed by atoms with E-state index in [0.717, 1.165) is 11.1 Å². The molecule has 0 spiro atoms. The number of nitrogens with two attached hydrogens (primary N) is 1. The van der Waals surface area contributed by atoms with E-state index in [-0.39, 0.29) is 23.7 Å². The normalized spacial score (nSPS) is 21.4. The summed E-state index contributed by atoms with van der Waals surface area (Å²) in [6.07, 6.45) is -4.11. The van der Waals surface area contributed by atoms with Gasteiger partial charge in [-0.1, -0.05) is 47.4 Å². The number of hydrogen-bond donors (Lipinski definition) is 6. The van der Waals surface area contributed by atoms with Crippen LogP contribution in [-0.2, 0) is 27.0 Å². The van der Waals surface area contributed by atoms with E-state index in [4.69, 9.17) is 25.0 Å². The van der Waals surface area contributed by atoms with Crippen LogP contribution in [0.4, 0.5) is 5.95 Å². The summed E-state index contributed by atoms with van der Waals surface area (Å²) < 4.78 is 30.0. The molecule has 206 valence electrons. The molecule has 1 saturated heterocycles. The maximum Gasteiger partial charge on any atom is 0.469 e. The third kappa shape index (κ3) is 6.02. The molecular weight excluding hydrogens is 533 g/mol. The zero-order chi connectivity index (χ0) is 27.7. The van der Waals surface area contributed by atoms with E-state index < -0.39 is 44.5 Å². The number of imidazole rings is 1. The number of ether oxygens (including phenoxy) is 2. The number of nitrogens with one attached hydrogen (secondary N) is 1. The van der Waals surface area contributed by atoms with Gasteiger partial charge >= 0.3 is 13.5 Å². The first kappa shape index (κ1) is 27.0. The number of phosphoric ester groups is 1. The number of nitrogens with zero attached hydrogens (tertiary/aromatic N) is 3. The van der Waals surface area contributed by atoms with Crippen molar-refractivity contribution in [2.75, 3.05) is 12.3 Å². The number of H-pyrrole nitrogens is 1. The van der Waals surface area contributed by atoms with Crippen LogP contribution >= 0.6 is 7.82 Å². The van der Waals surface area contributed by atoms with E-state index >= 15 is 0 Å². The molecule has 1 aliphatic rings. The molecule has 2 aromatic heterocycles. The molecule has 15 heteroatoms. The van der Waals surface area contributed by atoms with Crippen molar-refractivity contribution >= 4 is 24.9 Å². The highest BCUT2D eigenvalue weighted by molar-refractivity contribution is 7.46. The third-order valence-corrected chi connectivity index (χ3v) is 6.69. The van der Waals surface area contributed by atoms with E-state index in [9.17, 15) is 19.6 Å². The first-order valence-corrected chi connectivity index (χ1v) is 13.4. The molecule has 0 saturated carbocycles. The van der Waals surface area contributed by atoms with Crippen molar-refractivity contribution in [3.8, 4) is 5.75 Å². The number of nitrogen functional groups attached to an aromatic ring is 1. The van der Waals surface area contributed by atoms with Crippen molar-refractivity contribution in [1.82, 2.24) is 14.5 Å². The monoisotopic (exact) mass is 560 g/mol. The smallest absolute Gasteiger partial charge is 0.469 e. The van der Waals surface area contributed by atoms with Gasteiger partial charge in [0.05, 0.1) is 13.2 Å². The second-order valence-electron chi connectivity index (χ2n) is 9.03. The first-order chi connectivity index (χ1) is 18.6. The minimum Gasteiger partial charge on any atom is -0.489 e. The van der Waals surface area contributed by atoms with Crippen LogP contribution in [0.25, 0.3) is 11.2 Å². The van der Waals surface area contributed by atoms with Gasteiger partial charge in [0.2, 0.25) is 11.7 Å². The lowest BCUT2D eigenvalue weighted by Crippen LogP contribution is -2.46. The summed E-state index contributed by atoms with van der Waals surface area (Å²) in [5.74, 6) is 0.451. The predicted molar refractivity (Wildman–Crippen MR) is 135 cm³/mol. The Morgan fingerprint density at radius 1 is 1.10 bits per heavy atom. The fourth-order valence-corrected chi connectivity index (χ4v) is 4.76. The molecule has 2 aromatic carbocycles. The predicted octanol–water partition coefficient (Wildman–Crippen LogP) is -0.0499. The second-order valence-corrected chi connectivity index (χ2v) is 10.3. The largest absolute Gasteiger partial charge is 0.489 e. The first-order valence-electron chi connectivity index (χ1n) is 11.9. The third-order valence-electron chi connectivity index (χ3n) is 6.21. The molecule has 7 N–H and O–H groups in total. The number of aliphatic hydroxyl groups excluding tert-OH is 2. The minimum absolute atomic E-state index is 0.0699. The molecule has 1 fully saturated rings. The van der Waals surface area contributed by atoms with Crippen LogP contribution in [0.15, 0.2) is 65.7 Å². The number of benzene rings is 2. The van der Waals surface area contributed by atoms with Crippen LogP contribution in [0.2, 0.25) is 0 Å². The Bertz CT molecular complexity index is 1570. The van der Waals surface area contributed by atoms with Gasteiger partial charge < -0.3 is 35.2 Å².